The molecule has 3 aromatic rings. The van der Waals surface area contributed by atoms with E-state index in [1.807, 2.05) is 29.2 Å². The molecule has 6 heteroatoms. The lowest BCUT2D eigenvalue weighted by molar-refractivity contribution is 0.0628. The molecular weight excluding hydrogens is 340 g/mol. The fourth-order valence-electron chi connectivity index (χ4n) is 3.41. The zero-order valence-electron chi connectivity index (χ0n) is 15.3. The van der Waals surface area contributed by atoms with E-state index in [1.165, 1.54) is 17.5 Å². The van der Waals surface area contributed by atoms with Crippen molar-refractivity contribution in [3.8, 4) is 11.5 Å². The zero-order valence-corrected chi connectivity index (χ0v) is 15.3. The number of hydrogen-bond donors (Lipinski definition) is 0. The molecule has 1 saturated heterocycles. The Balaban J connectivity index is 1.34. The van der Waals surface area contributed by atoms with Crippen LogP contribution >= 0.6 is 0 Å². The highest BCUT2D eigenvalue weighted by Gasteiger charge is 2.22. The van der Waals surface area contributed by atoms with Crippen molar-refractivity contribution in [1.82, 2.24) is 20.0 Å². The average Bonchev–Trinajstić information content (AvgIpc) is 3.23. The van der Waals surface area contributed by atoms with Gasteiger partial charge in [-0.15, -0.1) is 10.2 Å². The molecule has 1 fully saturated rings. The van der Waals surface area contributed by atoms with Gasteiger partial charge in [0.2, 0.25) is 12.3 Å². The summed E-state index contributed by atoms with van der Waals surface area (Å²) in [6.45, 7) is 6.32. The highest BCUT2D eigenvalue weighted by atomic mass is 16.4. The van der Waals surface area contributed by atoms with E-state index < -0.39 is 0 Å². The summed E-state index contributed by atoms with van der Waals surface area (Å²) in [5, 5.41) is 7.56. The van der Waals surface area contributed by atoms with E-state index in [0.29, 0.717) is 11.5 Å². The second kappa shape index (κ2) is 7.72. The summed E-state index contributed by atoms with van der Waals surface area (Å²) in [6, 6.07) is 15.9. The van der Waals surface area contributed by atoms with Crippen LogP contribution in [-0.4, -0.2) is 52.1 Å². The monoisotopic (exact) mass is 362 g/mol. The van der Waals surface area contributed by atoms with Gasteiger partial charge in [0.1, 0.15) is 0 Å². The molecule has 0 radical (unpaired) electrons. The minimum Gasteiger partial charge on any atom is -0.423 e. The predicted octanol–water partition coefficient (Wildman–Crippen LogP) is 3.00. The molecule has 1 aliphatic heterocycles. The largest absolute Gasteiger partial charge is 0.423 e. The first-order chi connectivity index (χ1) is 13.2. The molecule has 1 aliphatic rings. The third kappa shape index (κ3) is 4.06. The first-order valence-electron chi connectivity index (χ1n) is 9.13. The van der Waals surface area contributed by atoms with Gasteiger partial charge >= 0.3 is 0 Å². The molecule has 0 bridgehead atoms. The summed E-state index contributed by atoms with van der Waals surface area (Å²) in [5.41, 5.74) is 4.11. The first-order valence-corrected chi connectivity index (χ1v) is 9.13. The molecule has 2 aromatic carbocycles. The third-order valence-electron chi connectivity index (χ3n) is 4.89. The summed E-state index contributed by atoms with van der Waals surface area (Å²) in [7, 11) is 0. The van der Waals surface area contributed by atoms with Gasteiger partial charge in [-0.05, 0) is 36.8 Å². The van der Waals surface area contributed by atoms with Crippen molar-refractivity contribution in [2.45, 2.75) is 13.5 Å². The van der Waals surface area contributed by atoms with Gasteiger partial charge in [0.15, 0.2) is 0 Å². The molecule has 1 amide bonds. The maximum atomic E-state index is 12.8. The van der Waals surface area contributed by atoms with Gasteiger partial charge in [-0.1, -0.05) is 29.8 Å². The van der Waals surface area contributed by atoms with Gasteiger partial charge in [-0.3, -0.25) is 9.69 Å². The van der Waals surface area contributed by atoms with E-state index in [4.69, 9.17) is 4.42 Å². The molecule has 0 saturated carbocycles. The van der Waals surface area contributed by atoms with Gasteiger partial charge in [0.05, 0.1) is 0 Å². The van der Waals surface area contributed by atoms with E-state index in [-0.39, 0.29) is 5.91 Å². The Bertz CT molecular complexity index is 898. The Labute approximate surface area is 158 Å². The molecular formula is C21H22N4O2. The molecule has 2 heterocycles. The van der Waals surface area contributed by atoms with Crippen molar-refractivity contribution < 1.29 is 9.21 Å². The second-order valence-electron chi connectivity index (χ2n) is 6.88. The Morgan fingerprint density at radius 3 is 2.52 bits per heavy atom. The average molecular weight is 362 g/mol. The molecule has 138 valence electrons. The Hall–Kier alpha value is -2.99. The lowest BCUT2D eigenvalue weighted by atomic mass is 10.1. The highest BCUT2D eigenvalue weighted by molar-refractivity contribution is 5.94. The fourth-order valence-corrected chi connectivity index (χ4v) is 3.41. The predicted molar refractivity (Wildman–Crippen MR) is 102 cm³/mol. The maximum Gasteiger partial charge on any atom is 0.253 e. The molecule has 0 N–H and O–H groups in total. The molecule has 4 rings (SSSR count). The van der Waals surface area contributed by atoms with E-state index in [0.717, 1.165) is 38.3 Å². The normalized spacial score (nSPS) is 15.1. The number of rotatable bonds is 4. The standard InChI is InChI=1S/C21H22N4O2/c1-16-3-2-4-17(13-16)14-24-9-11-25(12-10-24)21(26)19-7-5-18(6-8-19)20-23-22-15-27-20/h2-8,13,15H,9-12,14H2,1H3. The van der Waals surface area contributed by atoms with E-state index in [1.54, 1.807) is 0 Å². The van der Waals surface area contributed by atoms with Crippen LogP contribution in [-0.2, 0) is 6.54 Å². The van der Waals surface area contributed by atoms with Crippen LogP contribution in [0.1, 0.15) is 21.5 Å². The number of carbonyl (C=O) groups excluding carboxylic acids is 1. The summed E-state index contributed by atoms with van der Waals surface area (Å²) in [5.74, 6) is 0.529. The van der Waals surface area contributed by atoms with E-state index in [9.17, 15) is 4.79 Å². The summed E-state index contributed by atoms with van der Waals surface area (Å²) >= 11 is 0. The van der Waals surface area contributed by atoms with Crippen LogP contribution in [0.15, 0.2) is 59.3 Å². The number of amides is 1. The van der Waals surface area contributed by atoms with Crippen LogP contribution < -0.4 is 0 Å². The lowest BCUT2D eigenvalue weighted by Gasteiger charge is -2.34. The fraction of sp³-hybridized carbons (Fsp3) is 0.286. The second-order valence-corrected chi connectivity index (χ2v) is 6.88. The number of piperazine rings is 1. The van der Waals surface area contributed by atoms with Gasteiger partial charge < -0.3 is 9.32 Å². The summed E-state index contributed by atoms with van der Waals surface area (Å²) in [4.78, 5) is 17.1. The minimum atomic E-state index is 0.0716. The third-order valence-corrected chi connectivity index (χ3v) is 4.89. The van der Waals surface area contributed by atoms with Gasteiger partial charge in [-0.25, -0.2) is 0 Å². The molecule has 27 heavy (non-hydrogen) atoms. The number of benzene rings is 2. The molecule has 6 nitrogen and oxygen atoms in total. The summed E-state index contributed by atoms with van der Waals surface area (Å²) < 4.78 is 5.18. The van der Waals surface area contributed by atoms with E-state index in [2.05, 4.69) is 46.3 Å². The number of aryl methyl sites for hydroxylation is 1. The topological polar surface area (TPSA) is 62.5 Å². The molecule has 0 atom stereocenters. The lowest BCUT2D eigenvalue weighted by Crippen LogP contribution is -2.48. The van der Waals surface area contributed by atoms with Crippen molar-refractivity contribution in [2.24, 2.45) is 0 Å². The van der Waals surface area contributed by atoms with Gasteiger partial charge in [0, 0.05) is 43.9 Å². The van der Waals surface area contributed by atoms with Crippen LogP contribution in [0.4, 0.5) is 0 Å². The Morgan fingerprint density at radius 1 is 1.07 bits per heavy atom. The van der Waals surface area contributed by atoms with Crippen molar-refractivity contribution in [1.29, 1.82) is 0 Å². The molecule has 1 aromatic heterocycles. The Kier molecular flexibility index (Phi) is 4.98. The first kappa shape index (κ1) is 17.4. The molecule has 0 unspecified atom stereocenters. The van der Waals surface area contributed by atoms with Crippen LogP contribution in [0.2, 0.25) is 0 Å². The van der Waals surface area contributed by atoms with Crippen LogP contribution in [0, 0.1) is 6.92 Å². The van der Waals surface area contributed by atoms with Crippen LogP contribution in [0.3, 0.4) is 0 Å². The van der Waals surface area contributed by atoms with Crippen molar-refractivity contribution >= 4 is 5.91 Å². The van der Waals surface area contributed by atoms with E-state index >= 15 is 0 Å². The van der Waals surface area contributed by atoms with Crippen molar-refractivity contribution in [3.63, 3.8) is 0 Å². The zero-order chi connectivity index (χ0) is 18.6. The Morgan fingerprint density at radius 2 is 1.85 bits per heavy atom. The summed E-state index contributed by atoms with van der Waals surface area (Å²) in [6.07, 6.45) is 1.30. The number of nitrogens with zero attached hydrogens (tertiary/aromatic N) is 4. The van der Waals surface area contributed by atoms with Crippen LogP contribution in [0.25, 0.3) is 11.5 Å². The minimum absolute atomic E-state index is 0.0716. The van der Waals surface area contributed by atoms with Crippen molar-refractivity contribution in [3.05, 3.63) is 71.6 Å². The smallest absolute Gasteiger partial charge is 0.253 e. The van der Waals surface area contributed by atoms with Gasteiger partial charge in [0.25, 0.3) is 5.91 Å². The highest BCUT2D eigenvalue weighted by Crippen LogP contribution is 2.18. The number of hydrogen-bond acceptors (Lipinski definition) is 5. The van der Waals surface area contributed by atoms with Gasteiger partial charge in [-0.2, -0.15) is 0 Å². The SMILES string of the molecule is Cc1cccc(CN2CCN(C(=O)c3ccc(-c4nnco4)cc3)CC2)c1. The number of carbonyl (C=O) groups is 1. The molecule has 0 spiro atoms. The van der Waals surface area contributed by atoms with Crippen molar-refractivity contribution in [2.75, 3.05) is 26.2 Å². The quantitative estimate of drug-likeness (QED) is 0.714. The number of aromatic nitrogens is 2. The van der Waals surface area contributed by atoms with Crippen LogP contribution in [0.5, 0.6) is 0 Å². The maximum absolute atomic E-state index is 12.8. The molecule has 0 aliphatic carbocycles.